The van der Waals surface area contributed by atoms with E-state index in [1.54, 1.807) is 19.4 Å². The first-order valence-corrected chi connectivity index (χ1v) is 8.58. The molecule has 0 amide bonds. The molecule has 134 valence electrons. The van der Waals surface area contributed by atoms with Crippen LogP contribution in [0.4, 0.5) is 0 Å². The fourth-order valence-corrected chi connectivity index (χ4v) is 3.41. The first kappa shape index (κ1) is 16.7. The van der Waals surface area contributed by atoms with Gasteiger partial charge < -0.3 is 19.0 Å². The minimum absolute atomic E-state index is 0.117. The fourth-order valence-electron chi connectivity index (χ4n) is 3.41. The number of hydrogen-bond donors (Lipinski definition) is 1. The van der Waals surface area contributed by atoms with Gasteiger partial charge in [0.05, 0.1) is 32.6 Å². The topological polar surface area (TPSA) is 55.1 Å². The first-order chi connectivity index (χ1) is 12.8. The molecule has 1 aliphatic heterocycles. The maximum absolute atomic E-state index is 9.89. The van der Waals surface area contributed by atoms with Gasteiger partial charge in [-0.1, -0.05) is 36.4 Å². The standard InChI is InChI=1S/C21H21NO4/c1-24-20-12-16(9-10-19(20)23)21-22(13-17-8-5-11-25-17)18(14-26-21)15-6-3-2-4-7-15/h2-12,18,21,23H,13-14H2,1H3. The van der Waals surface area contributed by atoms with Crippen LogP contribution in [0.1, 0.15) is 29.2 Å². The lowest BCUT2D eigenvalue weighted by atomic mass is 10.1. The number of phenols is 1. The molecule has 1 saturated heterocycles. The van der Waals surface area contributed by atoms with Crippen molar-refractivity contribution in [3.63, 3.8) is 0 Å². The number of methoxy groups -OCH3 is 1. The molecule has 2 unspecified atom stereocenters. The third kappa shape index (κ3) is 3.19. The minimum Gasteiger partial charge on any atom is -0.504 e. The summed E-state index contributed by atoms with van der Waals surface area (Å²) in [5.41, 5.74) is 2.14. The van der Waals surface area contributed by atoms with E-state index in [4.69, 9.17) is 13.9 Å². The largest absolute Gasteiger partial charge is 0.504 e. The maximum atomic E-state index is 9.89. The van der Waals surface area contributed by atoms with Gasteiger partial charge in [0.25, 0.3) is 0 Å². The molecule has 1 fully saturated rings. The number of aromatic hydroxyl groups is 1. The molecule has 2 atom stereocenters. The van der Waals surface area contributed by atoms with E-state index < -0.39 is 0 Å². The van der Waals surface area contributed by atoms with Gasteiger partial charge in [-0.25, -0.2) is 0 Å². The van der Waals surface area contributed by atoms with E-state index in [0.717, 1.165) is 11.3 Å². The van der Waals surface area contributed by atoms with Gasteiger partial charge in [-0.2, -0.15) is 0 Å². The molecule has 0 saturated carbocycles. The molecule has 26 heavy (non-hydrogen) atoms. The molecule has 0 radical (unpaired) electrons. The van der Waals surface area contributed by atoms with E-state index >= 15 is 0 Å². The second-order valence-electron chi connectivity index (χ2n) is 6.30. The molecule has 5 nitrogen and oxygen atoms in total. The lowest BCUT2D eigenvalue weighted by Crippen LogP contribution is -2.26. The van der Waals surface area contributed by atoms with Gasteiger partial charge in [0, 0.05) is 0 Å². The highest BCUT2D eigenvalue weighted by molar-refractivity contribution is 5.42. The third-order valence-electron chi connectivity index (χ3n) is 4.71. The van der Waals surface area contributed by atoms with Gasteiger partial charge >= 0.3 is 0 Å². The fraction of sp³-hybridized carbons (Fsp3) is 0.238. The lowest BCUT2D eigenvalue weighted by molar-refractivity contribution is 0.0211. The molecule has 1 aliphatic rings. The Morgan fingerprint density at radius 3 is 2.65 bits per heavy atom. The average molecular weight is 351 g/mol. The Balaban J connectivity index is 1.69. The Morgan fingerprint density at radius 1 is 1.08 bits per heavy atom. The number of rotatable bonds is 5. The minimum atomic E-state index is -0.250. The number of furan rings is 1. The highest BCUT2D eigenvalue weighted by atomic mass is 16.5. The zero-order valence-corrected chi connectivity index (χ0v) is 14.5. The van der Waals surface area contributed by atoms with Crippen LogP contribution in [-0.4, -0.2) is 23.7 Å². The smallest absolute Gasteiger partial charge is 0.160 e. The summed E-state index contributed by atoms with van der Waals surface area (Å²) in [7, 11) is 1.54. The Bertz CT molecular complexity index is 848. The number of benzene rings is 2. The summed E-state index contributed by atoms with van der Waals surface area (Å²) in [4.78, 5) is 2.26. The van der Waals surface area contributed by atoms with Crippen molar-refractivity contribution in [3.8, 4) is 11.5 Å². The third-order valence-corrected chi connectivity index (χ3v) is 4.71. The van der Waals surface area contributed by atoms with Crippen LogP contribution in [0, 0.1) is 0 Å². The summed E-state index contributed by atoms with van der Waals surface area (Å²) < 4.78 is 17.0. The molecule has 4 rings (SSSR count). The molecular weight excluding hydrogens is 330 g/mol. The normalized spacial score (nSPS) is 20.3. The molecule has 3 aromatic rings. The van der Waals surface area contributed by atoms with Crippen LogP contribution in [0.25, 0.3) is 0 Å². The lowest BCUT2D eigenvalue weighted by Gasteiger charge is -2.28. The summed E-state index contributed by atoms with van der Waals surface area (Å²) in [6.07, 6.45) is 1.43. The van der Waals surface area contributed by atoms with Gasteiger partial charge in [-0.15, -0.1) is 0 Å². The van der Waals surface area contributed by atoms with Crippen molar-refractivity contribution in [2.75, 3.05) is 13.7 Å². The van der Waals surface area contributed by atoms with Crippen LogP contribution in [0.15, 0.2) is 71.3 Å². The summed E-state index contributed by atoms with van der Waals surface area (Å²) in [6.45, 7) is 1.21. The van der Waals surface area contributed by atoms with Crippen molar-refractivity contribution in [3.05, 3.63) is 83.8 Å². The molecule has 1 N–H and O–H groups in total. The molecule has 5 heteroatoms. The van der Waals surface area contributed by atoms with Gasteiger partial charge in [-0.3, -0.25) is 4.90 Å². The van der Waals surface area contributed by atoms with Crippen LogP contribution in [0.2, 0.25) is 0 Å². The van der Waals surface area contributed by atoms with Crippen LogP contribution in [0.5, 0.6) is 11.5 Å². The van der Waals surface area contributed by atoms with Crippen molar-refractivity contribution >= 4 is 0 Å². The van der Waals surface area contributed by atoms with Crippen LogP contribution in [0.3, 0.4) is 0 Å². The van der Waals surface area contributed by atoms with E-state index in [1.165, 1.54) is 5.56 Å². The Morgan fingerprint density at radius 2 is 1.92 bits per heavy atom. The zero-order chi connectivity index (χ0) is 17.9. The van der Waals surface area contributed by atoms with Crippen LogP contribution in [-0.2, 0) is 11.3 Å². The highest BCUT2D eigenvalue weighted by Gasteiger charge is 2.37. The Kier molecular flexibility index (Phi) is 4.65. The second kappa shape index (κ2) is 7.23. The number of phenolic OH excluding ortho intramolecular Hbond substituents is 1. The van der Waals surface area contributed by atoms with Crippen molar-refractivity contribution in [1.82, 2.24) is 4.90 Å². The van der Waals surface area contributed by atoms with Gasteiger partial charge in [0.1, 0.15) is 12.0 Å². The zero-order valence-electron chi connectivity index (χ0n) is 14.5. The van der Waals surface area contributed by atoms with Crippen molar-refractivity contribution in [2.24, 2.45) is 0 Å². The molecule has 1 aromatic heterocycles. The average Bonchev–Trinajstić information content (AvgIpc) is 3.33. The van der Waals surface area contributed by atoms with Crippen molar-refractivity contribution in [2.45, 2.75) is 18.8 Å². The summed E-state index contributed by atoms with van der Waals surface area (Å²) in [5, 5.41) is 9.89. The Hall–Kier alpha value is -2.76. The van der Waals surface area contributed by atoms with Crippen molar-refractivity contribution in [1.29, 1.82) is 0 Å². The SMILES string of the molecule is COc1cc(C2OCC(c3ccccc3)N2Cc2ccco2)ccc1O. The number of ether oxygens (including phenoxy) is 2. The van der Waals surface area contributed by atoms with Crippen molar-refractivity contribution < 1.29 is 19.0 Å². The van der Waals surface area contributed by atoms with Gasteiger partial charge in [0.15, 0.2) is 11.5 Å². The molecule has 2 aromatic carbocycles. The summed E-state index contributed by atoms with van der Waals surface area (Å²) in [6, 6.07) is 19.6. The van der Waals surface area contributed by atoms with E-state index in [0.29, 0.717) is 18.9 Å². The van der Waals surface area contributed by atoms with Crippen LogP contribution < -0.4 is 4.74 Å². The molecule has 0 bridgehead atoms. The number of hydrogen-bond acceptors (Lipinski definition) is 5. The highest BCUT2D eigenvalue weighted by Crippen LogP contribution is 2.41. The van der Waals surface area contributed by atoms with E-state index in [9.17, 15) is 5.11 Å². The molecule has 0 spiro atoms. The maximum Gasteiger partial charge on any atom is 0.160 e. The van der Waals surface area contributed by atoms with E-state index in [-0.39, 0.29) is 18.0 Å². The van der Waals surface area contributed by atoms with E-state index in [2.05, 4.69) is 17.0 Å². The number of nitrogens with zero attached hydrogens (tertiary/aromatic N) is 1. The second-order valence-corrected chi connectivity index (χ2v) is 6.30. The molecular formula is C21H21NO4. The summed E-state index contributed by atoms with van der Waals surface area (Å²) >= 11 is 0. The molecule has 0 aliphatic carbocycles. The molecule has 2 heterocycles. The van der Waals surface area contributed by atoms with Gasteiger partial charge in [0.2, 0.25) is 0 Å². The van der Waals surface area contributed by atoms with Crippen LogP contribution >= 0.6 is 0 Å². The van der Waals surface area contributed by atoms with E-state index in [1.807, 2.05) is 42.5 Å². The Labute approximate surface area is 152 Å². The predicted molar refractivity (Wildman–Crippen MR) is 96.8 cm³/mol. The quantitative estimate of drug-likeness (QED) is 0.744. The van der Waals surface area contributed by atoms with Gasteiger partial charge in [-0.05, 0) is 35.4 Å². The summed E-state index contributed by atoms with van der Waals surface area (Å²) in [5.74, 6) is 1.44. The predicted octanol–water partition coefficient (Wildman–Crippen LogP) is 4.27. The monoisotopic (exact) mass is 351 g/mol. The first-order valence-electron chi connectivity index (χ1n) is 8.58.